The Bertz CT molecular complexity index is 259. The van der Waals surface area contributed by atoms with E-state index in [2.05, 4.69) is 13.5 Å². The maximum atomic E-state index is 8.73. The monoisotopic (exact) mass is 249 g/mol. The molecule has 4 heteroatoms. The largest absolute Gasteiger partial charge is 0.291 e. The Kier molecular flexibility index (Phi) is 8.58. The number of hydrogen-bond donors (Lipinski definition) is 2. The third-order valence-corrected chi connectivity index (χ3v) is 2.47. The van der Waals surface area contributed by atoms with Crippen molar-refractivity contribution in [1.82, 2.24) is 5.48 Å². The van der Waals surface area contributed by atoms with E-state index in [1.807, 2.05) is 11.6 Å². The molecule has 0 atom stereocenters. The van der Waals surface area contributed by atoms with Crippen LogP contribution >= 0.6 is 23.2 Å². The highest BCUT2D eigenvalue weighted by Crippen LogP contribution is 2.12. The lowest BCUT2D eigenvalue weighted by molar-refractivity contribution is 0.204. The van der Waals surface area contributed by atoms with Crippen LogP contribution in [0.1, 0.15) is 26.2 Å². The fourth-order valence-corrected chi connectivity index (χ4v) is 1.32. The molecule has 0 amide bonds. The van der Waals surface area contributed by atoms with E-state index in [0.29, 0.717) is 11.6 Å². The zero-order valence-corrected chi connectivity index (χ0v) is 10.4. The van der Waals surface area contributed by atoms with Crippen LogP contribution in [0.15, 0.2) is 35.0 Å². The molecular weight excluding hydrogens is 233 g/mol. The highest BCUT2D eigenvalue weighted by Gasteiger charge is 1.97. The first-order valence-electron chi connectivity index (χ1n) is 4.86. The third kappa shape index (κ3) is 6.61. The van der Waals surface area contributed by atoms with Crippen molar-refractivity contribution in [2.45, 2.75) is 26.2 Å². The molecule has 0 heterocycles. The fraction of sp³-hybridized carbons (Fsp3) is 0.455. The van der Waals surface area contributed by atoms with E-state index in [-0.39, 0.29) is 5.03 Å². The quantitative estimate of drug-likeness (QED) is 0.407. The molecule has 0 aliphatic heterocycles. The van der Waals surface area contributed by atoms with Crippen LogP contribution in [0.4, 0.5) is 0 Å². The van der Waals surface area contributed by atoms with Crippen molar-refractivity contribution in [3.63, 3.8) is 0 Å². The third-order valence-electron chi connectivity index (χ3n) is 1.92. The van der Waals surface area contributed by atoms with Gasteiger partial charge in [0, 0.05) is 5.88 Å². The second kappa shape index (κ2) is 8.84. The van der Waals surface area contributed by atoms with Gasteiger partial charge in [0.2, 0.25) is 0 Å². The maximum absolute atomic E-state index is 8.73. The van der Waals surface area contributed by atoms with Gasteiger partial charge < -0.3 is 0 Å². The predicted molar refractivity (Wildman–Crippen MR) is 66.3 cm³/mol. The minimum atomic E-state index is 0.262. The summed E-state index contributed by atoms with van der Waals surface area (Å²) >= 11 is 11.4. The summed E-state index contributed by atoms with van der Waals surface area (Å²) in [6.45, 7) is 5.63. The SMILES string of the molecule is C=C(Cl)/C(=C\C=C(\CCl)CCCC)NO. The predicted octanol–water partition coefficient (Wildman–Crippen LogP) is 3.96. The summed E-state index contributed by atoms with van der Waals surface area (Å²) in [6.07, 6.45) is 6.73. The first kappa shape index (κ1) is 14.6. The maximum Gasteiger partial charge on any atom is 0.0782 e. The number of nitrogens with one attached hydrogen (secondary N) is 1. The molecule has 86 valence electrons. The van der Waals surface area contributed by atoms with Crippen molar-refractivity contribution in [1.29, 1.82) is 0 Å². The van der Waals surface area contributed by atoms with E-state index < -0.39 is 0 Å². The summed E-state index contributed by atoms with van der Waals surface area (Å²) in [5.41, 5.74) is 3.48. The minimum absolute atomic E-state index is 0.262. The van der Waals surface area contributed by atoms with Crippen molar-refractivity contribution >= 4 is 23.2 Å². The average Bonchev–Trinajstić information content (AvgIpc) is 2.23. The van der Waals surface area contributed by atoms with Gasteiger partial charge >= 0.3 is 0 Å². The first-order chi connectivity index (χ1) is 7.15. The molecule has 0 fully saturated rings. The second-order valence-electron chi connectivity index (χ2n) is 3.16. The van der Waals surface area contributed by atoms with Crippen LogP contribution in [0.2, 0.25) is 0 Å². The Balaban J connectivity index is 4.46. The van der Waals surface area contributed by atoms with E-state index in [9.17, 15) is 0 Å². The van der Waals surface area contributed by atoms with Gasteiger partial charge in [-0.25, -0.2) is 0 Å². The lowest BCUT2D eigenvalue weighted by Crippen LogP contribution is -2.05. The lowest BCUT2D eigenvalue weighted by Gasteiger charge is -2.03. The van der Waals surface area contributed by atoms with Crippen molar-refractivity contribution in [2.75, 3.05) is 5.88 Å². The molecule has 0 spiro atoms. The number of allylic oxidation sites excluding steroid dienone is 4. The Hall–Kier alpha value is -0.440. The number of hydroxylamine groups is 1. The summed E-state index contributed by atoms with van der Waals surface area (Å²) < 4.78 is 0. The Morgan fingerprint density at radius 2 is 2.13 bits per heavy atom. The van der Waals surface area contributed by atoms with Crippen molar-refractivity contribution in [3.05, 3.63) is 35.0 Å². The zero-order chi connectivity index (χ0) is 11.7. The van der Waals surface area contributed by atoms with Crippen LogP contribution in [0.25, 0.3) is 0 Å². The summed E-state index contributed by atoms with van der Waals surface area (Å²) in [6, 6.07) is 0. The van der Waals surface area contributed by atoms with Gasteiger partial charge in [0.25, 0.3) is 0 Å². The van der Waals surface area contributed by atoms with E-state index in [4.69, 9.17) is 28.4 Å². The normalized spacial score (nSPS) is 12.8. The molecule has 0 aliphatic carbocycles. The summed E-state index contributed by atoms with van der Waals surface area (Å²) in [7, 11) is 0. The van der Waals surface area contributed by atoms with Gasteiger partial charge in [-0.2, -0.15) is 0 Å². The fourth-order valence-electron chi connectivity index (χ4n) is 0.988. The second-order valence-corrected chi connectivity index (χ2v) is 3.88. The van der Waals surface area contributed by atoms with Crippen LogP contribution in [0, 0.1) is 0 Å². The molecule has 0 aromatic heterocycles. The van der Waals surface area contributed by atoms with Crippen molar-refractivity contribution < 1.29 is 5.21 Å². The molecule has 0 saturated heterocycles. The summed E-state index contributed by atoms with van der Waals surface area (Å²) in [5, 5.41) is 8.99. The average molecular weight is 250 g/mol. The van der Waals surface area contributed by atoms with E-state index in [1.54, 1.807) is 6.08 Å². The zero-order valence-electron chi connectivity index (χ0n) is 8.89. The highest BCUT2D eigenvalue weighted by atomic mass is 35.5. The van der Waals surface area contributed by atoms with Crippen LogP contribution in [0.3, 0.4) is 0 Å². The number of rotatable bonds is 7. The van der Waals surface area contributed by atoms with Gasteiger partial charge in [0.15, 0.2) is 0 Å². The molecule has 0 bridgehead atoms. The van der Waals surface area contributed by atoms with Crippen LogP contribution < -0.4 is 5.48 Å². The van der Waals surface area contributed by atoms with Gasteiger partial charge in [-0.3, -0.25) is 10.7 Å². The van der Waals surface area contributed by atoms with Crippen molar-refractivity contribution in [3.8, 4) is 0 Å². The molecule has 0 unspecified atom stereocenters. The molecule has 0 radical (unpaired) electrons. The van der Waals surface area contributed by atoms with Gasteiger partial charge in [0.1, 0.15) is 0 Å². The summed E-state index contributed by atoms with van der Waals surface area (Å²) in [5.74, 6) is 0.490. The number of unbranched alkanes of at least 4 members (excludes halogenated alkanes) is 1. The Morgan fingerprint density at radius 3 is 2.53 bits per heavy atom. The molecular formula is C11H17Cl2NO. The van der Waals surface area contributed by atoms with Gasteiger partial charge in [0.05, 0.1) is 10.7 Å². The molecule has 0 aromatic carbocycles. The Morgan fingerprint density at radius 1 is 1.47 bits per heavy atom. The number of hydrogen-bond acceptors (Lipinski definition) is 2. The van der Waals surface area contributed by atoms with Crippen LogP contribution in [-0.4, -0.2) is 11.1 Å². The topological polar surface area (TPSA) is 32.3 Å². The first-order valence-corrected chi connectivity index (χ1v) is 5.77. The smallest absolute Gasteiger partial charge is 0.0782 e. The molecule has 15 heavy (non-hydrogen) atoms. The summed E-state index contributed by atoms with van der Waals surface area (Å²) in [4.78, 5) is 0. The van der Waals surface area contributed by atoms with Gasteiger partial charge in [-0.05, 0) is 18.9 Å². The Labute approximate surface area is 101 Å². The van der Waals surface area contributed by atoms with Crippen molar-refractivity contribution in [2.24, 2.45) is 0 Å². The number of halogens is 2. The molecule has 0 aromatic rings. The van der Waals surface area contributed by atoms with Crippen LogP contribution in [-0.2, 0) is 0 Å². The lowest BCUT2D eigenvalue weighted by atomic mass is 10.1. The molecule has 2 N–H and O–H groups in total. The van der Waals surface area contributed by atoms with E-state index in [1.165, 1.54) is 0 Å². The minimum Gasteiger partial charge on any atom is -0.291 e. The number of alkyl halides is 1. The standard InChI is InChI=1S/C11H17Cl2NO/c1-3-4-5-10(8-12)6-7-11(14-15)9(2)13/h6-7,14-15H,2-5,8H2,1H3/b10-6+,11-7+. The molecule has 0 aliphatic rings. The molecule has 2 nitrogen and oxygen atoms in total. The van der Waals surface area contributed by atoms with Crippen LogP contribution in [0.5, 0.6) is 0 Å². The van der Waals surface area contributed by atoms with E-state index >= 15 is 0 Å². The molecule has 0 rings (SSSR count). The molecule has 0 saturated carbocycles. The van der Waals surface area contributed by atoms with Gasteiger partial charge in [-0.15, -0.1) is 11.6 Å². The highest BCUT2D eigenvalue weighted by molar-refractivity contribution is 6.31. The van der Waals surface area contributed by atoms with E-state index in [0.717, 1.165) is 24.8 Å². The van der Waals surface area contributed by atoms with Gasteiger partial charge in [-0.1, -0.05) is 43.2 Å².